The maximum Gasteiger partial charge on any atom is 0.326 e. The lowest BCUT2D eigenvalue weighted by Crippen LogP contribution is -2.37. The Balaban J connectivity index is 1.62. The van der Waals surface area contributed by atoms with Crippen molar-refractivity contribution in [2.45, 2.75) is 6.42 Å². The molecule has 6 nitrogen and oxygen atoms in total. The van der Waals surface area contributed by atoms with Gasteiger partial charge in [-0.05, 0) is 73.2 Å². The molecule has 3 aromatic carbocycles. The predicted octanol–water partition coefficient (Wildman–Crippen LogP) is 5.35. The number of halogens is 2. The zero-order valence-electron chi connectivity index (χ0n) is 17.5. The molecule has 0 aliphatic heterocycles. The van der Waals surface area contributed by atoms with E-state index in [9.17, 15) is 14.0 Å². The zero-order valence-corrected chi connectivity index (χ0v) is 18.2. The number of urea groups is 1. The fourth-order valence-corrected chi connectivity index (χ4v) is 3.12. The van der Waals surface area contributed by atoms with E-state index in [2.05, 4.69) is 10.6 Å². The highest BCUT2D eigenvalue weighted by atomic mass is 35.5. The third-order valence-corrected chi connectivity index (χ3v) is 4.91. The number of ether oxygens (including phenoxy) is 1. The molecule has 2 N–H and O–H groups in total. The van der Waals surface area contributed by atoms with Crippen LogP contribution < -0.4 is 20.3 Å². The molecule has 0 radical (unpaired) electrons. The van der Waals surface area contributed by atoms with E-state index in [0.29, 0.717) is 47.2 Å². The number of hydrogen-bond acceptors (Lipinski definition) is 3. The second-order valence-corrected chi connectivity index (χ2v) is 7.34. The average Bonchev–Trinajstić information content (AvgIpc) is 2.81. The highest BCUT2D eigenvalue weighted by Gasteiger charge is 2.16. The zero-order chi connectivity index (χ0) is 22.9. The SMILES string of the molecule is COc1cccc(C(=O)NCCCN(C(=O)Nc2ccc(Cl)cc2)c2ccc(F)cc2)c1. The number of hydrogen-bond donors (Lipinski definition) is 2. The lowest BCUT2D eigenvalue weighted by molar-refractivity contribution is 0.0953. The van der Waals surface area contributed by atoms with Gasteiger partial charge in [-0.1, -0.05) is 17.7 Å². The van der Waals surface area contributed by atoms with Crippen LogP contribution in [0.3, 0.4) is 0 Å². The van der Waals surface area contributed by atoms with Gasteiger partial charge in [-0.2, -0.15) is 0 Å². The third-order valence-electron chi connectivity index (χ3n) is 4.65. The quantitative estimate of drug-likeness (QED) is 0.450. The summed E-state index contributed by atoms with van der Waals surface area (Å²) >= 11 is 5.89. The first-order valence-electron chi connectivity index (χ1n) is 9.98. The number of anilines is 2. The molecular formula is C24H23ClFN3O3. The summed E-state index contributed by atoms with van der Waals surface area (Å²) in [6.07, 6.45) is 0.487. The van der Waals surface area contributed by atoms with E-state index in [0.717, 1.165) is 0 Å². The first kappa shape index (κ1) is 23.1. The molecule has 8 heteroatoms. The first-order chi connectivity index (χ1) is 15.5. The molecule has 0 unspecified atom stereocenters. The molecule has 3 amide bonds. The Morgan fingerprint density at radius 2 is 1.75 bits per heavy atom. The summed E-state index contributed by atoms with van der Waals surface area (Å²) in [4.78, 5) is 26.7. The molecule has 0 spiro atoms. The van der Waals surface area contributed by atoms with Crippen molar-refractivity contribution in [1.29, 1.82) is 0 Å². The van der Waals surface area contributed by atoms with Gasteiger partial charge in [0.25, 0.3) is 5.91 Å². The van der Waals surface area contributed by atoms with Crippen molar-refractivity contribution in [2.75, 3.05) is 30.4 Å². The Morgan fingerprint density at radius 3 is 2.44 bits per heavy atom. The molecule has 0 saturated heterocycles. The van der Waals surface area contributed by atoms with Gasteiger partial charge < -0.3 is 15.4 Å². The van der Waals surface area contributed by atoms with Gasteiger partial charge in [-0.25, -0.2) is 9.18 Å². The first-order valence-corrected chi connectivity index (χ1v) is 10.4. The highest BCUT2D eigenvalue weighted by Crippen LogP contribution is 2.19. The number of carbonyl (C=O) groups excluding carboxylic acids is 2. The summed E-state index contributed by atoms with van der Waals surface area (Å²) in [7, 11) is 1.54. The largest absolute Gasteiger partial charge is 0.497 e. The van der Waals surface area contributed by atoms with Crippen LogP contribution in [-0.2, 0) is 0 Å². The molecule has 0 bridgehead atoms. The summed E-state index contributed by atoms with van der Waals surface area (Å²) in [6.45, 7) is 0.658. The number of nitrogens with one attached hydrogen (secondary N) is 2. The molecule has 0 aliphatic rings. The number of carbonyl (C=O) groups is 2. The van der Waals surface area contributed by atoms with Gasteiger partial charge in [0.15, 0.2) is 0 Å². The minimum Gasteiger partial charge on any atom is -0.497 e. The van der Waals surface area contributed by atoms with Gasteiger partial charge in [-0.15, -0.1) is 0 Å². The van der Waals surface area contributed by atoms with Crippen LogP contribution in [0.4, 0.5) is 20.6 Å². The minimum absolute atomic E-state index is 0.233. The molecule has 3 rings (SSSR count). The molecule has 0 heterocycles. The molecule has 0 aromatic heterocycles. The highest BCUT2D eigenvalue weighted by molar-refractivity contribution is 6.30. The second kappa shape index (κ2) is 11.2. The summed E-state index contributed by atoms with van der Waals surface area (Å²) in [5.74, 6) is -0.0285. The summed E-state index contributed by atoms with van der Waals surface area (Å²) in [6, 6.07) is 18.9. The smallest absolute Gasteiger partial charge is 0.326 e. The van der Waals surface area contributed by atoms with E-state index in [1.54, 1.807) is 48.5 Å². The minimum atomic E-state index is -0.391. The van der Waals surface area contributed by atoms with Crippen molar-refractivity contribution in [3.05, 3.63) is 89.2 Å². The van der Waals surface area contributed by atoms with Crippen molar-refractivity contribution in [1.82, 2.24) is 5.32 Å². The van der Waals surface area contributed by atoms with Crippen molar-refractivity contribution in [3.8, 4) is 5.75 Å². The number of rotatable bonds is 8. The Bertz CT molecular complexity index is 1060. The Hall–Kier alpha value is -3.58. The lowest BCUT2D eigenvalue weighted by atomic mass is 10.2. The van der Waals surface area contributed by atoms with Crippen LogP contribution in [0, 0.1) is 5.82 Å². The maximum atomic E-state index is 13.4. The van der Waals surface area contributed by atoms with Gasteiger partial charge in [0.05, 0.1) is 7.11 Å². The van der Waals surface area contributed by atoms with Crippen LogP contribution in [0.25, 0.3) is 0 Å². The van der Waals surface area contributed by atoms with E-state index < -0.39 is 5.82 Å². The molecule has 32 heavy (non-hydrogen) atoms. The van der Waals surface area contributed by atoms with Crippen molar-refractivity contribution in [3.63, 3.8) is 0 Å². The third kappa shape index (κ3) is 6.46. The summed E-state index contributed by atoms with van der Waals surface area (Å²) < 4.78 is 18.5. The average molecular weight is 456 g/mol. The molecule has 0 atom stereocenters. The fraction of sp³-hybridized carbons (Fsp3) is 0.167. The molecule has 0 fully saturated rings. The summed E-state index contributed by atoms with van der Waals surface area (Å²) in [5, 5.41) is 6.20. The molecule has 3 aromatic rings. The fourth-order valence-electron chi connectivity index (χ4n) is 3.00. The second-order valence-electron chi connectivity index (χ2n) is 6.91. The van der Waals surface area contributed by atoms with E-state index in [1.807, 2.05) is 0 Å². The number of nitrogens with zero attached hydrogens (tertiary/aromatic N) is 1. The van der Waals surface area contributed by atoms with Crippen LogP contribution in [0.1, 0.15) is 16.8 Å². The lowest BCUT2D eigenvalue weighted by Gasteiger charge is -2.23. The molecule has 0 saturated carbocycles. The molecular weight excluding hydrogens is 433 g/mol. The van der Waals surface area contributed by atoms with Crippen LogP contribution in [0.5, 0.6) is 5.75 Å². The van der Waals surface area contributed by atoms with E-state index in [-0.39, 0.29) is 11.9 Å². The molecule has 166 valence electrons. The molecule has 0 aliphatic carbocycles. The normalized spacial score (nSPS) is 10.3. The van der Waals surface area contributed by atoms with E-state index in [4.69, 9.17) is 16.3 Å². The van der Waals surface area contributed by atoms with E-state index >= 15 is 0 Å². The Morgan fingerprint density at radius 1 is 1.03 bits per heavy atom. The summed E-state index contributed by atoms with van der Waals surface area (Å²) in [5.41, 5.74) is 1.61. The van der Waals surface area contributed by atoms with Crippen molar-refractivity contribution in [2.24, 2.45) is 0 Å². The van der Waals surface area contributed by atoms with Gasteiger partial charge in [0, 0.05) is 35.1 Å². The number of benzene rings is 3. The Kier molecular flexibility index (Phi) is 8.05. The van der Waals surface area contributed by atoms with Gasteiger partial charge in [-0.3, -0.25) is 9.69 Å². The van der Waals surface area contributed by atoms with Crippen LogP contribution in [0.15, 0.2) is 72.8 Å². The monoisotopic (exact) mass is 455 g/mol. The standard InChI is InChI=1S/C24H23ClFN3O3/c1-32-22-5-2-4-17(16-22)23(30)27-14-3-15-29(21-12-8-19(26)9-13-21)24(31)28-20-10-6-18(25)7-11-20/h2,4-13,16H,3,14-15H2,1H3,(H,27,30)(H,28,31). The number of methoxy groups -OCH3 is 1. The van der Waals surface area contributed by atoms with Crippen LogP contribution in [0.2, 0.25) is 5.02 Å². The predicted molar refractivity (Wildman–Crippen MR) is 124 cm³/mol. The van der Waals surface area contributed by atoms with Gasteiger partial charge in [0.2, 0.25) is 0 Å². The van der Waals surface area contributed by atoms with Crippen LogP contribution in [-0.4, -0.2) is 32.1 Å². The maximum absolute atomic E-state index is 13.4. The van der Waals surface area contributed by atoms with Gasteiger partial charge in [0.1, 0.15) is 11.6 Å². The van der Waals surface area contributed by atoms with Crippen molar-refractivity contribution >= 4 is 34.9 Å². The number of amides is 3. The van der Waals surface area contributed by atoms with E-state index in [1.165, 1.54) is 36.3 Å². The Labute approximate surface area is 191 Å². The van der Waals surface area contributed by atoms with Gasteiger partial charge >= 0.3 is 6.03 Å². The van der Waals surface area contributed by atoms with Crippen molar-refractivity contribution < 1.29 is 18.7 Å². The topological polar surface area (TPSA) is 70.7 Å². The van der Waals surface area contributed by atoms with Crippen LogP contribution >= 0.6 is 11.6 Å².